The third kappa shape index (κ3) is 64.3. The van der Waals surface area contributed by atoms with E-state index in [1.807, 2.05) is 21.1 Å². The summed E-state index contributed by atoms with van der Waals surface area (Å²) in [5.41, 5.74) is 0. The van der Waals surface area contributed by atoms with Crippen molar-refractivity contribution in [3.63, 3.8) is 0 Å². The molecule has 0 heterocycles. The highest BCUT2D eigenvalue weighted by Gasteiger charge is 2.25. The van der Waals surface area contributed by atoms with Crippen molar-refractivity contribution in [2.45, 2.75) is 328 Å². The van der Waals surface area contributed by atoms with Crippen LogP contribution in [0.2, 0.25) is 0 Å². The van der Waals surface area contributed by atoms with E-state index >= 15 is 0 Å². The molecule has 0 aromatic rings. The summed E-state index contributed by atoms with van der Waals surface area (Å²) in [7, 11) is 5.98. The van der Waals surface area contributed by atoms with Crippen LogP contribution in [-0.4, -0.2) is 87.4 Å². The van der Waals surface area contributed by atoms with E-state index in [0.29, 0.717) is 17.4 Å². The number of quaternary nitrogens is 1. The van der Waals surface area contributed by atoms with Gasteiger partial charge >= 0.3 is 17.9 Å². The number of aliphatic carboxylic acids is 1. The first-order valence-corrected chi connectivity index (χ1v) is 34.6. The summed E-state index contributed by atoms with van der Waals surface area (Å²) in [6, 6.07) is 0. The minimum atomic E-state index is -1.51. The van der Waals surface area contributed by atoms with E-state index in [1.165, 1.54) is 205 Å². The maximum atomic E-state index is 12.9. The fourth-order valence-corrected chi connectivity index (χ4v) is 9.92. The van der Waals surface area contributed by atoms with Crippen molar-refractivity contribution in [2.75, 3.05) is 47.5 Å². The van der Waals surface area contributed by atoms with Crippen molar-refractivity contribution in [3.8, 4) is 0 Å². The average molecular weight is 1150 g/mol. The Kier molecular flexibility index (Phi) is 61.2. The van der Waals surface area contributed by atoms with E-state index in [-0.39, 0.29) is 32.2 Å². The van der Waals surface area contributed by atoms with Gasteiger partial charge in [0.25, 0.3) is 6.29 Å². The van der Waals surface area contributed by atoms with Crippen LogP contribution in [0.4, 0.5) is 0 Å². The Morgan fingerprint density at radius 2 is 0.695 bits per heavy atom. The molecule has 0 aliphatic rings. The van der Waals surface area contributed by atoms with Crippen LogP contribution in [-0.2, 0) is 33.3 Å². The number of unbranched alkanes of at least 4 members (excludes halogenated alkanes) is 37. The molecular formula is C73H132NO8+. The summed E-state index contributed by atoms with van der Waals surface area (Å²) in [6.07, 6.45) is 81.8. The lowest BCUT2D eigenvalue weighted by Gasteiger charge is -2.25. The van der Waals surface area contributed by atoms with Gasteiger partial charge in [0.2, 0.25) is 0 Å². The molecule has 0 spiro atoms. The first-order chi connectivity index (χ1) is 40.1. The van der Waals surface area contributed by atoms with E-state index in [2.05, 4.69) is 86.8 Å². The molecule has 2 atom stereocenters. The number of likely N-dealkylation sites (N-methyl/N-ethyl adjacent to an activating group) is 1. The lowest BCUT2D eigenvalue weighted by Crippen LogP contribution is -2.40. The number of hydrogen-bond donors (Lipinski definition) is 1. The van der Waals surface area contributed by atoms with Gasteiger partial charge in [-0.2, -0.15) is 0 Å². The van der Waals surface area contributed by atoms with E-state index < -0.39 is 24.3 Å². The van der Waals surface area contributed by atoms with Gasteiger partial charge in [-0.25, -0.2) is 4.79 Å². The van der Waals surface area contributed by atoms with Gasteiger partial charge < -0.3 is 28.5 Å². The van der Waals surface area contributed by atoms with Crippen molar-refractivity contribution < 1.29 is 42.9 Å². The molecule has 0 aromatic carbocycles. The SMILES string of the molecule is CC/C=C\C/C=C\C/C=C\C/C=C\C/C=C\CCCCCCCCCCCCCCCCCCCCCCCCCCCC(=O)OC(COC(=O)CCCCCCC/C=C\CCCCCCCCC)COC(OCC[N+](C)(C)C)C(=O)O. The first-order valence-electron chi connectivity index (χ1n) is 34.6. The Balaban J connectivity index is 3.95. The Morgan fingerprint density at radius 3 is 1.05 bits per heavy atom. The normalized spacial score (nSPS) is 13.1. The van der Waals surface area contributed by atoms with Gasteiger partial charge in [0.1, 0.15) is 13.2 Å². The van der Waals surface area contributed by atoms with E-state index in [9.17, 15) is 19.5 Å². The summed E-state index contributed by atoms with van der Waals surface area (Å²) in [5.74, 6) is -2.00. The van der Waals surface area contributed by atoms with Crippen molar-refractivity contribution in [1.29, 1.82) is 0 Å². The smallest absolute Gasteiger partial charge is 0.361 e. The summed E-state index contributed by atoms with van der Waals surface area (Å²) < 4.78 is 22.9. The molecule has 0 aromatic heterocycles. The predicted octanol–water partition coefficient (Wildman–Crippen LogP) is 21.3. The molecule has 2 unspecified atom stereocenters. The number of nitrogens with zero attached hydrogens (tertiary/aromatic N) is 1. The summed E-state index contributed by atoms with van der Waals surface area (Å²) in [5, 5.41) is 9.72. The van der Waals surface area contributed by atoms with Gasteiger partial charge in [-0.05, 0) is 83.5 Å². The molecule has 0 amide bonds. The van der Waals surface area contributed by atoms with Gasteiger partial charge in [0.05, 0.1) is 34.4 Å². The second kappa shape index (κ2) is 63.7. The molecule has 476 valence electrons. The molecule has 0 bridgehead atoms. The van der Waals surface area contributed by atoms with Gasteiger partial charge in [-0.3, -0.25) is 9.59 Å². The summed E-state index contributed by atoms with van der Waals surface area (Å²) >= 11 is 0. The van der Waals surface area contributed by atoms with Crippen LogP contribution in [0.1, 0.15) is 316 Å². The number of esters is 2. The average Bonchev–Trinajstić information content (AvgIpc) is 3.45. The predicted molar refractivity (Wildman–Crippen MR) is 350 cm³/mol. The topological polar surface area (TPSA) is 108 Å². The second-order valence-electron chi connectivity index (χ2n) is 24.5. The quantitative estimate of drug-likeness (QED) is 0.0211. The van der Waals surface area contributed by atoms with E-state index in [4.69, 9.17) is 18.9 Å². The Bertz CT molecular complexity index is 1570. The van der Waals surface area contributed by atoms with Gasteiger partial charge in [0, 0.05) is 12.8 Å². The van der Waals surface area contributed by atoms with Gasteiger partial charge in [-0.1, -0.05) is 292 Å². The molecule has 0 saturated heterocycles. The van der Waals surface area contributed by atoms with Crippen molar-refractivity contribution in [1.82, 2.24) is 0 Å². The second-order valence-corrected chi connectivity index (χ2v) is 24.5. The number of rotatable bonds is 64. The molecule has 0 aliphatic carbocycles. The van der Waals surface area contributed by atoms with Crippen molar-refractivity contribution in [3.05, 3.63) is 72.9 Å². The number of hydrogen-bond acceptors (Lipinski definition) is 7. The highest BCUT2D eigenvalue weighted by Crippen LogP contribution is 2.18. The van der Waals surface area contributed by atoms with Crippen LogP contribution in [0.5, 0.6) is 0 Å². The lowest BCUT2D eigenvalue weighted by molar-refractivity contribution is -0.870. The van der Waals surface area contributed by atoms with Crippen molar-refractivity contribution in [2.24, 2.45) is 0 Å². The molecule has 82 heavy (non-hydrogen) atoms. The molecule has 0 radical (unpaired) electrons. The Labute approximate surface area is 507 Å². The number of ether oxygens (including phenoxy) is 4. The van der Waals surface area contributed by atoms with Crippen LogP contribution < -0.4 is 0 Å². The molecular weight excluding hydrogens is 1020 g/mol. The van der Waals surface area contributed by atoms with Crippen LogP contribution in [0.3, 0.4) is 0 Å². The third-order valence-electron chi connectivity index (χ3n) is 15.2. The van der Waals surface area contributed by atoms with Gasteiger partial charge in [-0.15, -0.1) is 0 Å². The summed E-state index contributed by atoms with van der Waals surface area (Å²) in [6.45, 7) is 4.79. The third-order valence-corrected chi connectivity index (χ3v) is 15.2. The van der Waals surface area contributed by atoms with Crippen LogP contribution in [0.25, 0.3) is 0 Å². The minimum Gasteiger partial charge on any atom is -0.477 e. The number of carboxylic acids is 1. The number of carboxylic acid groups (broad SMARTS) is 1. The number of allylic oxidation sites excluding steroid dienone is 12. The summed E-state index contributed by atoms with van der Waals surface area (Å²) in [4.78, 5) is 37.5. The zero-order chi connectivity index (χ0) is 59.8. The highest BCUT2D eigenvalue weighted by atomic mass is 16.7. The Morgan fingerprint density at radius 1 is 0.378 bits per heavy atom. The molecule has 0 rings (SSSR count). The zero-order valence-corrected chi connectivity index (χ0v) is 54.4. The molecule has 9 nitrogen and oxygen atoms in total. The van der Waals surface area contributed by atoms with E-state index in [1.54, 1.807) is 0 Å². The van der Waals surface area contributed by atoms with Gasteiger partial charge in [0.15, 0.2) is 6.10 Å². The number of carbonyl (C=O) groups excluding carboxylic acids is 2. The largest absolute Gasteiger partial charge is 0.477 e. The molecule has 1 N–H and O–H groups in total. The first kappa shape index (κ1) is 78.7. The molecule has 0 aliphatic heterocycles. The standard InChI is InChI=1S/C73H131NO8/c1-6-8-10-12-14-16-18-20-22-24-25-26-27-28-29-30-31-32-33-34-35-36-37-38-39-40-41-42-43-44-45-46-47-48-50-52-54-56-58-60-62-64-71(76)82-69(68-81-73(72(77)78)79-66-65-74(3,4)5)67-80-70(75)63-61-59-57-55-53-51-49-23-21-19-17-15-13-11-9-7-2/h8,10,14,16,20,22-23,25-26,28-29,49,69,73H,6-7,9,11-13,15,17-19,21,24,27,30-48,50-68H2,1-5H3/p+1/b10-8-,16-14-,22-20-,26-25-,29-28-,49-23-. The zero-order valence-electron chi connectivity index (χ0n) is 54.4. The fourth-order valence-electron chi connectivity index (χ4n) is 9.92. The maximum Gasteiger partial charge on any atom is 0.361 e. The van der Waals surface area contributed by atoms with Crippen LogP contribution >= 0.6 is 0 Å². The molecule has 9 heteroatoms. The van der Waals surface area contributed by atoms with Crippen LogP contribution in [0, 0.1) is 0 Å². The lowest BCUT2D eigenvalue weighted by atomic mass is 10.0. The minimum absolute atomic E-state index is 0.183. The van der Waals surface area contributed by atoms with E-state index in [0.717, 1.165) is 83.5 Å². The fraction of sp³-hybridized carbons (Fsp3) is 0.795. The van der Waals surface area contributed by atoms with Crippen molar-refractivity contribution >= 4 is 17.9 Å². The molecule has 0 fully saturated rings. The highest BCUT2D eigenvalue weighted by molar-refractivity contribution is 5.71. The molecule has 0 saturated carbocycles. The Hall–Kier alpha value is -3.27. The maximum absolute atomic E-state index is 12.9. The van der Waals surface area contributed by atoms with Crippen LogP contribution in [0.15, 0.2) is 72.9 Å². The number of carbonyl (C=O) groups is 3. The monoisotopic (exact) mass is 1150 g/mol.